The second-order valence-electron chi connectivity index (χ2n) is 10.6. The summed E-state index contributed by atoms with van der Waals surface area (Å²) in [5.41, 5.74) is 4.12. The lowest BCUT2D eigenvalue weighted by atomic mass is 10.0. The lowest BCUT2D eigenvalue weighted by Crippen LogP contribution is -2.37. The molecule has 42 heavy (non-hydrogen) atoms. The molecule has 9 nitrogen and oxygen atoms in total. The van der Waals surface area contributed by atoms with Crippen LogP contribution >= 0.6 is 11.3 Å². The molecule has 0 fully saturated rings. The zero-order valence-corrected chi connectivity index (χ0v) is 25.3. The first-order valence-electron chi connectivity index (χ1n) is 14.5. The summed E-state index contributed by atoms with van der Waals surface area (Å²) in [7, 11) is 1.53. The number of pyridine rings is 1. The SMILES string of the molecule is CCn1cnc2sc(C(=O)N3CCCCCCCN(C(=O)COC)c4ccc(-c5cccnc5)cc4C3)c(C)c2c1=O. The number of anilines is 1. The Morgan fingerprint density at radius 1 is 1.05 bits per heavy atom. The van der Waals surface area contributed by atoms with Crippen molar-refractivity contribution in [1.82, 2.24) is 19.4 Å². The minimum Gasteiger partial charge on any atom is -0.375 e. The van der Waals surface area contributed by atoms with Crippen molar-refractivity contribution >= 4 is 39.1 Å². The Morgan fingerprint density at radius 2 is 1.83 bits per heavy atom. The van der Waals surface area contributed by atoms with Gasteiger partial charge in [-0.15, -0.1) is 11.3 Å². The van der Waals surface area contributed by atoms with Crippen molar-refractivity contribution < 1.29 is 14.3 Å². The molecule has 0 atom stereocenters. The van der Waals surface area contributed by atoms with E-state index in [1.165, 1.54) is 18.4 Å². The molecule has 0 saturated carbocycles. The number of benzene rings is 1. The molecule has 1 aliphatic heterocycles. The van der Waals surface area contributed by atoms with Gasteiger partial charge in [0.05, 0.1) is 16.6 Å². The number of rotatable bonds is 5. The van der Waals surface area contributed by atoms with Crippen LogP contribution in [0.3, 0.4) is 0 Å². The average Bonchev–Trinajstić information content (AvgIpc) is 3.34. The highest BCUT2D eigenvalue weighted by Crippen LogP contribution is 2.32. The van der Waals surface area contributed by atoms with Crippen LogP contribution in [0.15, 0.2) is 53.8 Å². The second-order valence-corrected chi connectivity index (χ2v) is 11.6. The quantitative estimate of drug-likeness (QED) is 0.309. The van der Waals surface area contributed by atoms with E-state index in [2.05, 4.69) is 16.0 Å². The van der Waals surface area contributed by atoms with Gasteiger partial charge in [-0.1, -0.05) is 31.4 Å². The number of thiophene rings is 1. The molecule has 220 valence electrons. The molecule has 4 heterocycles. The van der Waals surface area contributed by atoms with Gasteiger partial charge in [-0.25, -0.2) is 4.98 Å². The number of aryl methyl sites for hydroxylation is 2. The Balaban J connectivity index is 1.60. The van der Waals surface area contributed by atoms with E-state index in [4.69, 9.17) is 4.74 Å². The van der Waals surface area contributed by atoms with E-state index in [1.54, 1.807) is 22.0 Å². The lowest BCUT2D eigenvalue weighted by molar-refractivity contribution is -0.122. The first-order valence-corrected chi connectivity index (χ1v) is 15.3. The number of hydrogen-bond donors (Lipinski definition) is 0. The third kappa shape index (κ3) is 6.15. The van der Waals surface area contributed by atoms with E-state index in [1.807, 2.05) is 49.2 Å². The molecule has 10 heteroatoms. The van der Waals surface area contributed by atoms with Gasteiger partial charge in [0.1, 0.15) is 11.4 Å². The maximum absolute atomic E-state index is 14.2. The number of nitrogens with zero attached hydrogens (tertiary/aromatic N) is 5. The summed E-state index contributed by atoms with van der Waals surface area (Å²) < 4.78 is 6.79. The Morgan fingerprint density at radius 3 is 2.57 bits per heavy atom. The van der Waals surface area contributed by atoms with Gasteiger partial charge >= 0.3 is 0 Å². The van der Waals surface area contributed by atoms with Crippen molar-refractivity contribution in [1.29, 1.82) is 0 Å². The monoisotopic (exact) mass is 587 g/mol. The maximum Gasteiger partial charge on any atom is 0.264 e. The third-order valence-corrected chi connectivity index (χ3v) is 9.03. The molecule has 0 N–H and O–H groups in total. The molecule has 5 rings (SSSR count). The number of ether oxygens (including phenoxy) is 1. The first kappa shape index (κ1) is 29.6. The molecule has 1 aromatic carbocycles. The average molecular weight is 588 g/mol. The lowest BCUT2D eigenvalue weighted by Gasteiger charge is -2.30. The molecular weight excluding hydrogens is 550 g/mol. The van der Waals surface area contributed by atoms with Crippen LogP contribution in [-0.4, -0.2) is 58.1 Å². The zero-order chi connectivity index (χ0) is 29.6. The van der Waals surface area contributed by atoms with Gasteiger partial charge in [-0.05, 0) is 67.1 Å². The first-order chi connectivity index (χ1) is 20.4. The van der Waals surface area contributed by atoms with Crippen LogP contribution < -0.4 is 10.5 Å². The highest BCUT2D eigenvalue weighted by molar-refractivity contribution is 7.20. The van der Waals surface area contributed by atoms with Gasteiger partial charge < -0.3 is 14.5 Å². The smallest absolute Gasteiger partial charge is 0.264 e. The summed E-state index contributed by atoms with van der Waals surface area (Å²) in [4.78, 5) is 54.1. The minimum atomic E-state index is -0.123. The Hall–Kier alpha value is -3.89. The predicted octanol–water partition coefficient (Wildman–Crippen LogP) is 5.43. The summed E-state index contributed by atoms with van der Waals surface area (Å²) in [5, 5.41) is 0.512. The molecule has 1 aliphatic rings. The summed E-state index contributed by atoms with van der Waals surface area (Å²) in [5.74, 6) is -0.232. The summed E-state index contributed by atoms with van der Waals surface area (Å²) >= 11 is 1.28. The van der Waals surface area contributed by atoms with Gasteiger partial charge in [0.25, 0.3) is 17.4 Å². The van der Waals surface area contributed by atoms with Crippen LogP contribution in [0.25, 0.3) is 21.3 Å². The Kier molecular flexibility index (Phi) is 9.44. The summed E-state index contributed by atoms with van der Waals surface area (Å²) in [6.45, 7) is 5.71. The van der Waals surface area contributed by atoms with Crippen LogP contribution in [0.1, 0.15) is 59.8 Å². The van der Waals surface area contributed by atoms with Crippen molar-refractivity contribution in [2.24, 2.45) is 0 Å². The van der Waals surface area contributed by atoms with E-state index < -0.39 is 0 Å². The fraction of sp³-hybridized carbons (Fsp3) is 0.406. The highest BCUT2D eigenvalue weighted by Gasteiger charge is 2.27. The van der Waals surface area contributed by atoms with Gasteiger partial charge in [0.15, 0.2) is 0 Å². The second kappa shape index (κ2) is 13.4. The van der Waals surface area contributed by atoms with Crippen molar-refractivity contribution in [3.05, 3.63) is 75.4 Å². The fourth-order valence-corrected chi connectivity index (χ4v) is 6.67. The standard InChI is InChI=1S/C32H37N5O4S/c1-4-35-21-34-30-28(31(35)39)22(2)29(42-30)32(40)36-15-8-6-5-7-9-16-37(27(38)20-41-3)26-13-12-23(17-25(26)19-36)24-11-10-14-33-18-24/h10-14,17-18,21H,4-9,15-16,19-20H2,1-3H3. The molecule has 0 bridgehead atoms. The van der Waals surface area contributed by atoms with Gasteiger partial charge in [0, 0.05) is 51.4 Å². The predicted molar refractivity (Wildman–Crippen MR) is 166 cm³/mol. The van der Waals surface area contributed by atoms with E-state index in [0.29, 0.717) is 46.8 Å². The van der Waals surface area contributed by atoms with Crippen molar-refractivity contribution in [3.8, 4) is 11.1 Å². The normalized spacial score (nSPS) is 14.7. The largest absolute Gasteiger partial charge is 0.375 e. The van der Waals surface area contributed by atoms with Crippen LogP contribution in [0.2, 0.25) is 0 Å². The number of aromatic nitrogens is 3. The Bertz CT molecular complexity index is 1630. The number of hydrogen-bond acceptors (Lipinski definition) is 7. The number of methoxy groups -OCH3 is 1. The van der Waals surface area contributed by atoms with Crippen molar-refractivity contribution in [3.63, 3.8) is 0 Å². The van der Waals surface area contributed by atoms with Gasteiger partial charge in [-0.3, -0.25) is 23.9 Å². The minimum absolute atomic E-state index is 0.0181. The van der Waals surface area contributed by atoms with Crippen LogP contribution in [0, 0.1) is 6.92 Å². The van der Waals surface area contributed by atoms with Crippen LogP contribution in [-0.2, 0) is 22.6 Å². The zero-order valence-electron chi connectivity index (χ0n) is 24.5. The molecule has 0 unspecified atom stereocenters. The molecule has 0 spiro atoms. The number of amides is 2. The van der Waals surface area contributed by atoms with E-state index in [-0.39, 0.29) is 24.0 Å². The summed E-state index contributed by atoms with van der Waals surface area (Å²) in [6, 6.07) is 9.93. The molecule has 4 aromatic rings. The summed E-state index contributed by atoms with van der Waals surface area (Å²) in [6.07, 6.45) is 9.89. The molecule has 0 aliphatic carbocycles. The van der Waals surface area contributed by atoms with Gasteiger partial charge in [-0.2, -0.15) is 0 Å². The van der Waals surface area contributed by atoms with E-state index in [9.17, 15) is 14.4 Å². The molecule has 0 saturated heterocycles. The van der Waals surface area contributed by atoms with Gasteiger partial charge in [0.2, 0.25) is 0 Å². The molecular formula is C32H37N5O4S. The molecule has 2 amide bonds. The van der Waals surface area contributed by atoms with E-state index >= 15 is 0 Å². The Labute approximate surface area is 249 Å². The molecule has 3 aromatic heterocycles. The highest BCUT2D eigenvalue weighted by atomic mass is 32.1. The van der Waals surface area contributed by atoms with Crippen molar-refractivity contribution in [2.75, 3.05) is 31.7 Å². The third-order valence-electron chi connectivity index (χ3n) is 7.84. The van der Waals surface area contributed by atoms with Crippen LogP contribution in [0.4, 0.5) is 5.69 Å². The maximum atomic E-state index is 14.2. The van der Waals surface area contributed by atoms with E-state index in [0.717, 1.165) is 54.5 Å². The fourth-order valence-electron chi connectivity index (χ4n) is 5.56. The van der Waals surface area contributed by atoms with Crippen LogP contribution in [0.5, 0.6) is 0 Å². The topological polar surface area (TPSA) is 97.6 Å². The molecule has 0 radical (unpaired) electrons. The number of carbonyl (C=O) groups excluding carboxylic acids is 2. The number of carbonyl (C=O) groups is 2. The number of fused-ring (bicyclic) bond motifs is 2. The van der Waals surface area contributed by atoms with Crippen molar-refractivity contribution in [2.45, 2.75) is 59.0 Å².